The molecule has 2 aromatic carbocycles. The Morgan fingerprint density at radius 3 is 2.11 bits per heavy atom. The molecule has 0 radical (unpaired) electrons. The van der Waals surface area contributed by atoms with Crippen LogP contribution in [0, 0.1) is 5.92 Å². The number of carbonyl (C=O) groups excluding carboxylic acids is 1. The summed E-state index contributed by atoms with van der Waals surface area (Å²) in [7, 11) is -3.57. The number of nitrogens with one attached hydrogen (secondary N) is 2. The first kappa shape index (κ1) is 19.6. The van der Waals surface area contributed by atoms with Crippen molar-refractivity contribution in [2.45, 2.75) is 50.5 Å². The third-order valence-electron chi connectivity index (χ3n) is 4.67. The van der Waals surface area contributed by atoms with E-state index < -0.39 is 10.0 Å². The lowest BCUT2D eigenvalue weighted by Crippen LogP contribution is -2.23. The molecule has 1 amide bonds. The summed E-state index contributed by atoms with van der Waals surface area (Å²) in [4.78, 5) is 12.0. The largest absolute Gasteiger partial charge is 0.326 e. The van der Waals surface area contributed by atoms with E-state index in [0.29, 0.717) is 0 Å². The smallest absolute Gasteiger partial charge is 0.240 e. The quantitative estimate of drug-likeness (QED) is 0.793. The van der Waals surface area contributed by atoms with Crippen molar-refractivity contribution in [1.29, 1.82) is 0 Å². The van der Waals surface area contributed by atoms with Crippen LogP contribution in [-0.4, -0.2) is 14.3 Å². The molecule has 1 aliphatic carbocycles. The van der Waals surface area contributed by atoms with Gasteiger partial charge in [0.2, 0.25) is 15.9 Å². The Hall–Kier alpha value is -2.18. The Balaban J connectivity index is 1.60. The van der Waals surface area contributed by atoms with Gasteiger partial charge >= 0.3 is 0 Å². The van der Waals surface area contributed by atoms with Crippen LogP contribution in [0.25, 0.3) is 0 Å². The lowest BCUT2D eigenvalue weighted by Gasteiger charge is -2.19. The molecule has 6 heteroatoms. The maximum atomic E-state index is 12.5. The summed E-state index contributed by atoms with van der Waals surface area (Å²) in [6.45, 7) is 6.46. The van der Waals surface area contributed by atoms with E-state index in [1.54, 1.807) is 24.3 Å². The molecule has 27 heavy (non-hydrogen) atoms. The molecular formula is C21H26N2O3S. The van der Waals surface area contributed by atoms with Crippen LogP contribution in [0.1, 0.15) is 44.7 Å². The van der Waals surface area contributed by atoms with Crippen molar-refractivity contribution < 1.29 is 13.2 Å². The van der Waals surface area contributed by atoms with Gasteiger partial charge in [0.1, 0.15) is 0 Å². The highest BCUT2D eigenvalue weighted by Gasteiger charge is 2.29. The maximum Gasteiger partial charge on any atom is 0.240 e. The van der Waals surface area contributed by atoms with Gasteiger partial charge in [-0.05, 0) is 53.6 Å². The number of benzene rings is 2. The molecule has 0 saturated heterocycles. The Bertz CT molecular complexity index is 907. The topological polar surface area (TPSA) is 75.3 Å². The van der Waals surface area contributed by atoms with E-state index >= 15 is 0 Å². The second-order valence-electron chi connectivity index (χ2n) is 8.06. The van der Waals surface area contributed by atoms with Crippen LogP contribution in [0.15, 0.2) is 53.4 Å². The van der Waals surface area contributed by atoms with Gasteiger partial charge in [0.25, 0.3) is 0 Å². The minimum Gasteiger partial charge on any atom is -0.326 e. The van der Waals surface area contributed by atoms with Crippen LogP contribution in [0.5, 0.6) is 0 Å². The monoisotopic (exact) mass is 386 g/mol. The number of sulfonamides is 1. The zero-order chi connectivity index (χ0) is 19.7. The van der Waals surface area contributed by atoms with Crippen LogP contribution in [0.4, 0.5) is 5.69 Å². The van der Waals surface area contributed by atoms with E-state index in [2.05, 4.69) is 30.8 Å². The second kappa shape index (κ2) is 7.44. The molecule has 0 unspecified atom stereocenters. The summed E-state index contributed by atoms with van der Waals surface area (Å²) in [6, 6.07) is 14.2. The number of amides is 1. The van der Waals surface area contributed by atoms with Gasteiger partial charge in [-0.25, -0.2) is 13.1 Å². The Morgan fingerprint density at radius 2 is 1.59 bits per heavy atom. The Morgan fingerprint density at radius 1 is 1.00 bits per heavy atom. The van der Waals surface area contributed by atoms with Crippen molar-refractivity contribution in [3.63, 3.8) is 0 Å². The fourth-order valence-electron chi connectivity index (χ4n) is 2.69. The normalized spacial score (nSPS) is 14.8. The molecule has 2 N–H and O–H groups in total. The molecule has 0 aromatic heterocycles. The maximum absolute atomic E-state index is 12.5. The van der Waals surface area contributed by atoms with Crippen LogP contribution >= 0.6 is 0 Å². The molecule has 0 spiro atoms. The molecule has 3 rings (SSSR count). The number of hydrogen-bond acceptors (Lipinski definition) is 3. The SMILES string of the molecule is CC(C)(C)c1ccc(S(=O)(=O)NCc2ccc(NC(=O)C3CC3)cc2)cc1. The summed E-state index contributed by atoms with van der Waals surface area (Å²) < 4.78 is 27.6. The number of carbonyl (C=O) groups is 1. The molecule has 0 aliphatic heterocycles. The van der Waals surface area contributed by atoms with E-state index in [1.807, 2.05) is 24.3 Å². The highest BCUT2D eigenvalue weighted by atomic mass is 32.2. The molecule has 0 heterocycles. The minimum absolute atomic E-state index is 0.0214. The predicted octanol–water partition coefficient (Wildman–Crippen LogP) is 3.81. The van der Waals surface area contributed by atoms with Gasteiger partial charge in [-0.1, -0.05) is 45.0 Å². The zero-order valence-corrected chi connectivity index (χ0v) is 16.8. The van der Waals surface area contributed by atoms with E-state index in [9.17, 15) is 13.2 Å². The second-order valence-corrected chi connectivity index (χ2v) is 9.83. The summed E-state index contributed by atoms with van der Waals surface area (Å²) in [5, 5.41) is 2.87. The molecule has 0 atom stereocenters. The molecule has 5 nitrogen and oxygen atoms in total. The predicted molar refractivity (Wildman–Crippen MR) is 107 cm³/mol. The van der Waals surface area contributed by atoms with Crippen molar-refractivity contribution in [2.75, 3.05) is 5.32 Å². The molecule has 1 saturated carbocycles. The Kier molecular flexibility index (Phi) is 5.40. The van der Waals surface area contributed by atoms with Gasteiger partial charge in [0.05, 0.1) is 4.90 Å². The lowest BCUT2D eigenvalue weighted by molar-refractivity contribution is -0.117. The summed E-state index contributed by atoms with van der Waals surface area (Å²) in [5.41, 5.74) is 2.63. The molecule has 2 aromatic rings. The van der Waals surface area contributed by atoms with Crippen LogP contribution in [0.2, 0.25) is 0 Å². The highest BCUT2D eigenvalue weighted by Crippen LogP contribution is 2.30. The standard InChI is InChI=1S/C21H26N2O3S/c1-21(2,3)17-8-12-19(13-9-17)27(25,26)22-14-15-4-10-18(11-5-15)23-20(24)16-6-7-16/h4-5,8-13,16,22H,6-7,14H2,1-3H3,(H,23,24). The van der Waals surface area contributed by atoms with Crippen LogP contribution < -0.4 is 10.0 Å². The molecule has 144 valence electrons. The average molecular weight is 387 g/mol. The lowest BCUT2D eigenvalue weighted by atomic mass is 9.87. The van der Waals surface area contributed by atoms with Crippen molar-refractivity contribution in [2.24, 2.45) is 5.92 Å². The summed E-state index contributed by atoms with van der Waals surface area (Å²) in [6.07, 6.45) is 1.92. The van der Waals surface area contributed by atoms with Crippen molar-refractivity contribution in [1.82, 2.24) is 4.72 Å². The van der Waals surface area contributed by atoms with Crippen molar-refractivity contribution >= 4 is 21.6 Å². The van der Waals surface area contributed by atoms with E-state index in [-0.39, 0.29) is 28.7 Å². The Labute approximate surface area is 161 Å². The van der Waals surface area contributed by atoms with Crippen LogP contribution in [0.3, 0.4) is 0 Å². The van der Waals surface area contributed by atoms with Gasteiger partial charge in [0.15, 0.2) is 0 Å². The van der Waals surface area contributed by atoms with Gasteiger partial charge in [-0.2, -0.15) is 0 Å². The first-order valence-electron chi connectivity index (χ1n) is 9.15. The van der Waals surface area contributed by atoms with Gasteiger partial charge in [0, 0.05) is 18.2 Å². The first-order chi connectivity index (χ1) is 12.6. The fraction of sp³-hybridized carbons (Fsp3) is 0.381. The summed E-state index contributed by atoms with van der Waals surface area (Å²) >= 11 is 0. The van der Waals surface area contributed by atoms with E-state index in [1.165, 1.54) is 0 Å². The molecular weight excluding hydrogens is 360 g/mol. The fourth-order valence-corrected chi connectivity index (χ4v) is 3.71. The van der Waals surface area contributed by atoms with E-state index in [4.69, 9.17) is 0 Å². The van der Waals surface area contributed by atoms with Crippen molar-refractivity contribution in [3.05, 3.63) is 59.7 Å². The minimum atomic E-state index is -3.57. The molecule has 0 bridgehead atoms. The number of anilines is 1. The number of hydrogen-bond donors (Lipinski definition) is 2. The summed E-state index contributed by atoms with van der Waals surface area (Å²) in [5.74, 6) is 0.211. The highest BCUT2D eigenvalue weighted by molar-refractivity contribution is 7.89. The van der Waals surface area contributed by atoms with Crippen molar-refractivity contribution in [3.8, 4) is 0 Å². The zero-order valence-electron chi connectivity index (χ0n) is 16.0. The number of rotatable bonds is 6. The van der Waals surface area contributed by atoms with E-state index in [0.717, 1.165) is 29.7 Å². The average Bonchev–Trinajstić information content (AvgIpc) is 3.46. The van der Waals surface area contributed by atoms with Gasteiger partial charge in [-0.3, -0.25) is 4.79 Å². The molecule has 1 aliphatic rings. The van der Waals surface area contributed by atoms with Gasteiger partial charge in [-0.15, -0.1) is 0 Å². The third kappa shape index (κ3) is 5.17. The third-order valence-corrected chi connectivity index (χ3v) is 6.08. The van der Waals surface area contributed by atoms with Crippen LogP contribution in [-0.2, 0) is 26.8 Å². The first-order valence-corrected chi connectivity index (χ1v) is 10.6. The van der Waals surface area contributed by atoms with Gasteiger partial charge < -0.3 is 5.32 Å². The molecule has 1 fully saturated rings.